The quantitative estimate of drug-likeness (QED) is 0.682. The van der Waals surface area contributed by atoms with Crippen LogP contribution in [0.1, 0.15) is 10.4 Å². The molecule has 6 nitrogen and oxygen atoms in total. The average Bonchev–Trinajstić information content (AvgIpc) is 2.54. The van der Waals surface area contributed by atoms with Gasteiger partial charge in [0, 0.05) is 30.1 Å². The number of benzene rings is 1. The third kappa shape index (κ3) is 2.96. The van der Waals surface area contributed by atoms with Gasteiger partial charge in [0.1, 0.15) is 0 Å². The van der Waals surface area contributed by atoms with E-state index < -0.39 is 5.91 Å². The molecular formula is C17H13N3O3. The second-order valence-corrected chi connectivity index (χ2v) is 5.01. The smallest absolute Gasteiger partial charge is 0.249 e. The van der Waals surface area contributed by atoms with Gasteiger partial charge in [-0.25, -0.2) is 0 Å². The van der Waals surface area contributed by atoms with Crippen molar-refractivity contribution in [3.8, 4) is 22.3 Å². The Bertz CT molecular complexity index is 1000. The SMILES string of the molecule is NC(=O)c1cc(-c2cc[nH]c(=O)c2)ccc1-c1cc[nH]c(=O)c1. The number of nitrogens with two attached hydrogens (primary N) is 1. The van der Waals surface area contributed by atoms with Crippen LogP contribution in [0, 0.1) is 0 Å². The number of pyridine rings is 2. The van der Waals surface area contributed by atoms with Crippen molar-refractivity contribution in [2.45, 2.75) is 0 Å². The van der Waals surface area contributed by atoms with Gasteiger partial charge in [-0.2, -0.15) is 0 Å². The monoisotopic (exact) mass is 307 g/mol. The summed E-state index contributed by atoms with van der Waals surface area (Å²) < 4.78 is 0. The van der Waals surface area contributed by atoms with Crippen LogP contribution in [0.25, 0.3) is 22.3 Å². The number of nitrogens with one attached hydrogen (secondary N) is 2. The maximum absolute atomic E-state index is 11.8. The molecule has 0 fully saturated rings. The van der Waals surface area contributed by atoms with E-state index in [1.54, 1.807) is 30.3 Å². The van der Waals surface area contributed by atoms with Crippen LogP contribution in [-0.2, 0) is 0 Å². The van der Waals surface area contributed by atoms with E-state index in [1.807, 2.05) is 0 Å². The molecule has 0 atom stereocenters. The first-order chi connectivity index (χ1) is 11.0. The van der Waals surface area contributed by atoms with Crippen molar-refractivity contribution in [2.24, 2.45) is 5.73 Å². The van der Waals surface area contributed by atoms with Crippen LogP contribution in [0.2, 0.25) is 0 Å². The van der Waals surface area contributed by atoms with E-state index in [0.717, 1.165) is 0 Å². The Morgan fingerprint density at radius 1 is 0.783 bits per heavy atom. The number of hydrogen-bond donors (Lipinski definition) is 3. The lowest BCUT2D eigenvalue weighted by Crippen LogP contribution is -2.13. The molecule has 3 rings (SSSR count). The fourth-order valence-electron chi connectivity index (χ4n) is 2.42. The van der Waals surface area contributed by atoms with Crippen LogP contribution in [0.5, 0.6) is 0 Å². The molecule has 1 aromatic carbocycles. The Morgan fingerprint density at radius 2 is 1.35 bits per heavy atom. The van der Waals surface area contributed by atoms with Crippen molar-refractivity contribution in [1.29, 1.82) is 0 Å². The fraction of sp³-hybridized carbons (Fsp3) is 0. The van der Waals surface area contributed by atoms with E-state index in [2.05, 4.69) is 9.97 Å². The predicted molar refractivity (Wildman–Crippen MR) is 87.1 cm³/mol. The van der Waals surface area contributed by atoms with Crippen LogP contribution in [0.4, 0.5) is 0 Å². The summed E-state index contributed by atoms with van der Waals surface area (Å²) in [5.74, 6) is -0.605. The van der Waals surface area contributed by atoms with Gasteiger partial charge in [0.2, 0.25) is 17.0 Å². The van der Waals surface area contributed by atoms with Crippen LogP contribution >= 0.6 is 0 Å². The largest absolute Gasteiger partial charge is 0.366 e. The van der Waals surface area contributed by atoms with Crippen molar-refractivity contribution in [1.82, 2.24) is 9.97 Å². The maximum Gasteiger partial charge on any atom is 0.249 e. The lowest BCUT2D eigenvalue weighted by molar-refractivity contribution is 0.100. The Balaban J connectivity index is 2.19. The second-order valence-electron chi connectivity index (χ2n) is 5.01. The van der Waals surface area contributed by atoms with Gasteiger partial charge >= 0.3 is 0 Å². The normalized spacial score (nSPS) is 10.4. The van der Waals surface area contributed by atoms with Crippen LogP contribution < -0.4 is 16.9 Å². The average molecular weight is 307 g/mol. The van der Waals surface area contributed by atoms with Gasteiger partial charge in [0.25, 0.3) is 0 Å². The zero-order valence-electron chi connectivity index (χ0n) is 12.0. The van der Waals surface area contributed by atoms with Gasteiger partial charge in [0.05, 0.1) is 0 Å². The molecule has 0 radical (unpaired) electrons. The predicted octanol–water partition coefficient (Wildman–Crippen LogP) is 1.50. The zero-order valence-corrected chi connectivity index (χ0v) is 12.0. The minimum atomic E-state index is -0.605. The summed E-state index contributed by atoms with van der Waals surface area (Å²) in [6.07, 6.45) is 3.04. The molecule has 3 aromatic rings. The molecule has 2 heterocycles. The highest BCUT2D eigenvalue weighted by atomic mass is 16.1. The maximum atomic E-state index is 11.8. The first-order valence-corrected chi connectivity index (χ1v) is 6.87. The van der Waals surface area contributed by atoms with E-state index in [-0.39, 0.29) is 16.7 Å². The Hall–Kier alpha value is -3.41. The van der Waals surface area contributed by atoms with Crippen molar-refractivity contribution in [3.05, 3.63) is 81.1 Å². The van der Waals surface area contributed by atoms with Crippen LogP contribution in [0.15, 0.2) is 64.4 Å². The van der Waals surface area contributed by atoms with Gasteiger partial charge in [-0.05, 0) is 40.5 Å². The number of amides is 1. The van der Waals surface area contributed by atoms with E-state index in [9.17, 15) is 14.4 Å². The molecule has 4 N–H and O–H groups in total. The summed E-state index contributed by atoms with van der Waals surface area (Å²) in [4.78, 5) is 39.7. The van der Waals surface area contributed by atoms with Crippen LogP contribution in [0.3, 0.4) is 0 Å². The van der Waals surface area contributed by atoms with Gasteiger partial charge in [-0.1, -0.05) is 12.1 Å². The molecule has 0 saturated heterocycles. The lowest BCUT2D eigenvalue weighted by Gasteiger charge is -2.09. The van der Waals surface area contributed by atoms with Crippen molar-refractivity contribution >= 4 is 5.91 Å². The summed E-state index contributed by atoms with van der Waals surface area (Å²) in [6, 6.07) is 11.4. The Kier molecular flexibility index (Phi) is 3.64. The summed E-state index contributed by atoms with van der Waals surface area (Å²) in [5.41, 5.74) is 7.79. The summed E-state index contributed by atoms with van der Waals surface area (Å²) in [6.45, 7) is 0. The molecule has 0 aliphatic carbocycles. The Morgan fingerprint density at radius 3 is 1.96 bits per heavy atom. The highest BCUT2D eigenvalue weighted by molar-refractivity contribution is 6.01. The topological polar surface area (TPSA) is 109 Å². The van der Waals surface area contributed by atoms with E-state index in [1.165, 1.54) is 24.5 Å². The molecule has 6 heteroatoms. The fourth-order valence-corrected chi connectivity index (χ4v) is 2.42. The minimum absolute atomic E-state index is 0.234. The molecule has 114 valence electrons. The molecule has 0 spiro atoms. The zero-order chi connectivity index (χ0) is 16.4. The number of aromatic amines is 2. The standard InChI is InChI=1S/C17H13N3O3/c18-17(23)14-7-10(11-3-5-19-15(21)8-11)1-2-13(14)12-4-6-20-16(22)9-12/h1-9H,(H2,18,23)(H,19,21)(H,20,22). The molecule has 0 unspecified atom stereocenters. The minimum Gasteiger partial charge on any atom is -0.366 e. The van der Waals surface area contributed by atoms with Crippen LogP contribution in [-0.4, -0.2) is 15.9 Å². The molecule has 23 heavy (non-hydrogen) atoms. The Labute approximate surface area is 130 Å². The first kappa shape index (κ1) is 14.5. The van der Waals surface area contributed by atoms with Gasteiger partial charge in [-0.3, -0.25) is 14.4 Å². The highest BCUT2D eigenvalue weighted by Crippen LogP contribution is 2.27. The van der Waals surface area contributed by atoms with Gasteiger partial charge in [0.15, 0.2) is 0 Å². The summed E-state index contributed by atoms with van der Waals surface area (Å²) in [7, 11) is 0. The third-order valence-electron chi connectivity index (χ3n) is 3.48. The molecule has 2 aromatic heterocycles. The number of rotatable bonds is 3. The molecule has 0 saturated carbocycles. The van der Waals surface area contributed by atoms with E-state index in [4.69, 9.17) is 5.73 Å². The van der Waals surface area contributed by atoms with Gasteiger partial charge in [-0.15, -0.1) is 0 Å². The summed E-state index contributed by atoms with van der Waals surface area (Å²) >= 11 is 0. The molecule has 0 aliphatic heterocycles. The van der Waals surface area contributed by atoms with E-state index in [0.29, 0.717) is 22.3 Å². The molecule has 0 bridgehead atoms. The number of aromatic nitrogens is 2. The summed E-state index contributed by atoms with van der Waals surface area (Å²) in [5, 5.41) is 0. The number of carbonyl (C=O) groups excluding carboxylic acids is 1. The third-order valence-corrected chi connectivity index (χ3v) is 3.48. The van der Waals surface area contributed by atoms with Gasteiger partial charge < -0.3 is 15.7 Å². The number of carbonyl (C=O) groups is 1. The van der Waals surface area contributed by atoms with Crippen molar-refractivity contribution < 1.29 is 4.79 Å². The van der Waals surface area contributed by atoms with Crippen molar-refractivity contribution in [3.63, 3.8) is 0 Å². The molecule has 1 amide bonds. The number of hydrogen-bond acceptors (Lipinski definition) is 3. The van der Waals surface area contributed by atoms with Crippen molar-refractivity contribution in [2.75, 3.05) is 0 Å². The first-order valence-electron chi connectivity index (χ1n) is 6.87. The highest BCUT2D eigenvalue weighted by Gasteiger charge is 2.12. The number of primary amides is 1. The number of H-pyrrole nitrogens is 2. The second kappa shape index (κ2) is 5.76. The molecular weight excluding hydrogens is 294 g/mol. The van der Waals surface area contributed by atoms with E-state index >= 15 is 0 Å². The molecule has 0 aliphatic rings. The lowest BCUT2D eigenvalue weighted by atomic mass is 9.95.